The van der Waals surface area contributed by atoms with Crippen LogP contribution in [-0.2, 0) is 4.79 Å². The molecule has 0 spiro atoms. The van der Waals surface area contributed by atoms with E-state index in [4.69, 9.17) is 4.74 Å². The molecule has 8 heteroatoms. The first kappa shape index (κ1) is 16.2. The number of carbonyl (C=O) groups excluding carboxylic acids is 1. The van der Waals surface area contributed by atoms with Gasteiger partial charge in [0.15, 0.2) is 0 Å². The van der Waals surface area contributed by atoms with Crippen LogP contribution in [0.5, 0.6) is 5.75 Å². The third kappa shape index (κ3) is 3.82. The van der Waals surface area contributed by atoms with Crippen molar-refractivity contribution in [3.05, 3.63) is 24.3 Å². The zero-order valence-electron chi connectivity index (χ0n) is 10.4. The maximum Gasteiger partial charge on any atom is 0.463 e. The van der Waals surface area contributed by atoms with Crippen molar-refractivity contribution in [2.45, 2.75) is 25.4 Å². The molecule has 0 atom stereocenters. The van der Waals surface area contributed by atoms with E-state index in [0.29, 0.717) is 13.0 Å². The van der Waals surface area contributed by atoms with E-state index in [1.807, 2.05) is 6.92 Å². The van der Waals surface area contributed by atoms with Crippen LogP contribution < -0.4 is 10.1 Å². The van der Waals surface area contributed by atoms with Crippen LogP contribution in [0.25, 0.3) is 0 Å². The van der Waals surface area contributed by atoms with Crippen molar-refractivity contribution in [1.82, 2.24) is 0 Å². The highest BCUT2D eigenvalue weighted by atomic mass is 19.4. The molecule has 0 bridgehead atoms. The van der Waals surface area contributed by atoms with Crippen LogP contribution in [0.15, 0.2) is 24.3 Å². The fourth-order valence-electron chi connectivity index (χ4n) is 1.22. The van der Waals surface area contributed by atoms with Crippen molar-refractivity contribution in [3.8, 4) is 5.75 Å². The summed E-state index contributed by atoms with van der Waals surface area (Å²) in [5, 5.41) is 1.52. The molecule has 1 rings (SSSR count). The Morgan fingerprint density at radius 2 is 1.90 bits per heavy atom. The lowest BCUT2D eigenvalue weighted by molar-refractivity contribution is -0.267. The Bertz CT molecular complexity index is 473. The normalized spacial score (nSPS) is 12.1. The molecule has 112 valence electrons. The minimum absolute atomic E-state index is 0.201. The Balaban J connectivity index is 2.81. The predicted octanol–water partition coefficient (Wildman–Crippen LogP) is 3.61. The molecule has 0 aliphatic carbocycles. The molecule has 20 heavy (non-hydrogen) atoms. The predicted molar refractivity (Wildman–Crippen MR) is 61.9 cm³/mol. The lowest BCUT2D eigenvalue weighted by Gasteiger charge is -2.18. The fraction of sp³-hybridized carbons (Fsp3) is 0.417. The van der Waals surface area contributed by atoms with Crippen LogP contribution in [0, 0.1) is 0 Å². The molecule has 0 aromatic heterocycles. The van der Waals surface area contributed by atoms with Crippen LogP contribution in [0.4, 0.5) is 27.6 Å². The van der Waals surface area contributed by atoms with Crippen LogP contribution in [0.2, 0.25) is 0 Å². The van der Waals surface area contributed by atoms with E-state index in [9.17, 15) is 26.7 Å². The molecule has 0 radical (unpaired) electrons. The van der Waals surface area contributed by atoms with Crippen molar-refractivity contribution in [2.24, 2.45) is 0 Å². The van der Waals surface area contributed by atoms with Gasteiger partial charge in [0.05, 0.1) is 6.61 Å². The van der Waals surface area contributed by atoms with E-state index in [1.165, 1.54) is 29.6 Å². The van der Waals surface area contributed by atoms with Gasteiger partial charge in [-0.2, -0.15) is 22.0 Å². The summed E-state index contributed by atoms with van der Waals surface area (Å²) in [6.07, 6.45) is -5.24. The number of halogens is 5. The van der Waals surface area contributed by atoms with Gasteiger partial charge in [-0.1, -0.05) is 13.0 Å². The number of anilines is 1. The molecular weight excluding hydrogens is 285 g/mol. The summed E-state index contributed by atoms with van der Waals surface area (Å²) in [6, 6.07) is 5.21. The van der Waals surface area contributed by atoms with E-state index >= 15 is 0 Å². The molecule has 0 aliphatic heterocycles. The lowest BCUT2D eigenvalue weighted by Crippen LogP contribution is -2.47. The Labute approximate surface area is 111 Å². The van der Waals surface area contributed by atoms with Crippen LogP contribution in [0.3, 0.4) is 0 Å². The number of hydrogen-bond acceptors (Lipinski definition) is 2. The number of amides is 1. The number of carbonyl (C=O) groups is 1. The summed E-state index contributed by atoms with van der Waals surface area (Å²) in [7, 11) is 0. The molecule has 0 fully saturated rings. The largest absolute Gasteiger partial charge is 0.494 e. The van der Waals surface area contributed by atoms with Gasteiger partial charge in [0.1, 0.15) is 5.75 Å². The first-order valence-corrected chi connectivity index (χ1v) is 5.67. The topological polar surface area (TPSA) is 38.3 Å². The average molecular weight is 297 g/mol. The minimum Gasteiger partial charge on any atom is -0.494 e. The Kier molecular flexibility index (Phi) is 4.91. The third-order valence-electron chi connectivity index (χ3n) is 2.21. The zero-order chi connectivity index (χ0) is 15.4. The molecule has 0 saturated heterocycles. The summed E-state index contributed by atoms with van der Waals surface area (Å²) in [5.41, 5.74) is -0.201. The smallest absolute Gasteiger partial charge is 0.463 e. The van der Waals surface area contributed by atoms with E-state index in [1.54, 1.807) is 0 Å². The first-order chi connectivity index (χ1) is 9.18. The van der Waals surface area contributed by atoms with E-state index in [-0.39, 0.29) is 11.4 Å². The average Bonchev–Trinajstić information content (AvgIpc) is 2.35. The Morgan fingerprint density at radius 3 is 2.45 bits per heavy atom. The summed E-state index contributed by atoms with van der Waals surface area (Å²) >= 11 is 0. The van der Waals surface area contributed by atoms with Crippen molar-refractivity contribution in [1.29, 1.82) is 0 Å². The number of alkyl halides is 5. The first-order valence-electron chi connectivity index (χ1n) is 5.67. The molecule has 3 nitrogen and oxygen atoms in total. The van der Waals surface area contributed by atoms with Crippen molar-refractivity contribution >= 4 is 11.6 Å². The van der Waals surface area contributed by atoms with Gasteiger partial charge in [-0.25, -0.2) is 0 Å². The summed E-state index contributed by atoms with van der Waals surface area (Å²) in [4.78, 5) is 11.0. The maximum absolute atomic E-state index is 12.7. The van der Waals surface area contributed by atoms with Crippen LogP contribution in [-0.4, -0.2) is 24.6 Å². The number of rotatable bonds is 5. The number of benzene rings is 1. The van der Waals surface area contributed by atoms with Crippen LogP contribution >= 0.6 is 0 Å². The van der Waals surface area contributed by atoms with Gasteiger partial charge in [-0.05, 0) is 18.6 Å². The molecule has 1 aromatic carbocycles. The standard InChI is InChI=1S/C12H12F5NO2/c1-2-6-20-9-5-3-4-8(7-9)18-10(19)11(13,14)12(15,16)17/h3-5,7H,2,6H2,1H3,(H,18,19). The highest BCUT2D eigenvalue weighted by molar-refractivity contribution is 5.96. The molecule has 1 amide bonds. The van der Waals surface area contributed by atoms with Crippen molar-refractivity contribution < 1.29 is 31.5 Å². The minimum atomic E-state index is -5.94. The summed E-state index contributed by atoms with van der Waals surface area (Å²) < 4.78 is 66.6. The van der Waals surface area contributed by atoms with Gasteiger partial charge >= 0.3 is 18.0 Å². The lowest BCUT2D eigenvalue weighted by atomic mass is 10.2. The summed E-state index contributed by atoms with van der Waals surface area (Å²) in [5.74, 6) is -7.62. The number of nitrogens with one attached hydrogen (secondary N) is 1. The number of ether oxygens (including phenoxy) is 1. The van der Waals surface area contributed by atoms with E-state index in [2.05, 4.69) is 0 Å². The molecule has 0 saturated carbocycles. The zero-order valence-corrected chi connectivity index (χ0v) is 10.4. The monoisotopic (exact) mass is 297 g/mol. The number of hydrogen-bond donors (Lipinski definition) is 1. The highest BCUT2D eigenvalue weighted by Crippen LogP contribution is 2.36. The van der Waals surface area contributed by atoms with Gasteiger partial charge < -0.3 is 10.1 Å². The molecule has 0 heterocycles. The van der Waals surface area contributed by atoms with Crippen molar-refractivity contribution in [3.63, 3.8) is 0 Å². The molecular formula is C12H12F5NO2. The van der Waals surface area contributed by atoms with Gasteiger partial charge in [0, 0.05) is 11.8 Å². The molecule has 0 aliphatic rings. The van der Waals surface area contributed by atoms with Gasteiger partial charge in [-0.15, -0.1) is 0 Å². The Morgan fingerprint density at radius 1 is 1.25 bits per heavy atom. The van der Waals surface area contributed by atoms with Crippen LogP contribution in [0.1, 0.15) is 13.3 Å². The van der Waals surface area contributed by atoms with Gasteiger partial charge in [0.2, 0.25) is 0 Å². The second-order valence-electron chi connectivity index (χ2n) is 3.90. The highest BCUT2D eigenvalue weighted by Gasteiger charge is 2.63. The second kappa shape index (κ2) is 6.06. The van der Waals surface area contributed by atoms with Crippen molar-refractivity contribution in [2.75, 3.05) is 11.9 Å². The molecule has 1 aromatic rings. The summed E-state index contributed by atoms with van der Waals surface area (Å²) in [6.45, 7) is 2.20. The second-order valence-corrected chi connectivity index (χ2v) is 3.90. The quantitative estimate of drug-likeness (QED) is 0.843. The third-order valence-corrected chi connectivity index (χ3v) is 2.21. The molecule has 0 unspecified atom stereocenters. The Hall–Kier alpha value is -1.86. The molecule has 1 N–H and O–H groups in total. The van der Waals surface area contributed by atoms with Gasteiger partial charge in [-0.3, -0.25) is 4.79 Å². The fourth-order valence-corrected chi connectivity index (χ4v) is 1.22. The van der Waals surface area contributed by atoms with E-state index in [0.717, 1.165) is 0 Å². The SMILES string of the molecule is CCCOc1cccc(NC(=O)C(F)(F)C(F)(F)F)c1. The maximum atomic E-state index is 12.7. The van der Waals surface area contributed by atoms with E-state index < -0.39 is 18.0 Å². The van der Waals surface area contributed by atoms with Gasteiger partial charge in [0.25, 0.3) is 0 Å².